The van der Waals surface area contributed by atoms with Crippen LogP contribution in [-0.2, 0) is 24.4 Å². The number of aromatic nitrogens is 4. The van der Waals surface area contributed by atoms with Crippen LogP contribution in [0.25, 0.3) is 11.5 Å². The molecule has 2 aromatic heterocycles. The standard InChI is InChI=1S/C20H25N5O2.2ClH/c26-13-18(15-27-14-16-5-2-1-3-6-16)24-10-8-22-20(24)19-11-17-12-21-7-4-9-25(17)23-19;;/h1-3,5-6,8,10-11,18,21,26H,4,7,9,12-15H2;2*1H/t18-;;/m1../s1. The van der Waals surface area contributed by atoms with Gasteiger partial charge in [0.1, 0.15) is 5.69 Å². The van der Waals surface area contributed by atoms with Gasteiger partial charge >= 0.3 is 0 Å². The molecule has 0 radical (unpaired) electrons. The average Bonchev–Trinajstić information content (AvgIpc) is 3.28. The lowest BCUT2D eigenvalue weighted by atomic mass is 10.2. The van der Waals surface area contributed by atoms with E-state index in [1.165, 1.54) is 0 Å². The van der Waals surface area contributed by atoms with Crippen LogP contribution in [0, 0.1) is 0 Å². The van der Waals surface area contributed by atoms with Gasteiger partial charge in [-0.15, -0.1) is 24.8 Å². The van der Waals surface area contributed by atoms with Crippen molar-refractivity contribution in [3.63, 3.8) is 0 Å². The molecular weight excluding hydrogens is 413 g/mol. The zero-order valence-corrected chi connectivity index (χ0v) is 17.7. The number of nitrogens with zero attached hydrogens (tertiary/aromatic N) is 4. The largest absolute Gasteiger partial charge is 0.394 e. The van der Waals surface area contributed by atoms with Gasteiger partial charge in [-0.2, -0.15) is 5.10 Å². The highest BCUT2D eigenvalue weighted by Crippen LogP contribution is 2.22. The minimum absolute atomic E-state index is 0. The van der Waals surface area contributed by atoms with Crippen LogP contribution in [0.15, 0.2) is 48.8 Å². The first kappa shape index (κ1) is 23.4. The van der Waals surface area contributed by atoms with Crippen LogP contribution in [0.3, 0.4) is 0 Å². The van der Waals surface area contributed by atoms with Crippen molar-refractivity contribution in [1.82, 2.24) is 24.6 Å². The number of aryl methyl sites for hydroxylation is 1. The SMILES string of the molecule is Cl.Cl.OC[C@H](COCc1ccccc1)n1ccnc1-c1cc2n(n1)CCCNC2. The maximum Gasteiger partial charge on any atom is 0.160 e. The molecule has 0 fully saturated rings. The molecule has 7 nitrogen and oxygen atoms in total. The molecule has 0 saturated heterocycles. The molecule has 0 amide bonds. The Morgan fingerprint density at radius 1 is 1.21 bits per heavy atom. The van der Waals surface area contributed by atoms with Crippen LogP contribution in [-0.4, -0.2) is 44.2 Å². The highest BCUT2D eigenvalue weighted by molar-refractivity contribution is 5.85. The quantitative estimate of drug-likeness (QED) is 0.591. The van der Waals surface area contributed by atoms with Gasteiger partial charge in [-0.05, 0) is 24.6 Å². The molecule has 4 rings (SSSR count). The number of imidazole rings is 1. The number of hydrogen-bond acceptors (Lipinski definition) is 5. The van der Waals surface area contributed by atoms with Crippen molar-refractivity contribution >= 4 is 24.8 Å². The van der Waals surface area contributed by atoms with Crippen molar-refractivity contribution in [2.45, 2.75) is 32.2 Å². The van der Waals surface area contributed by atoms with Crippen molar-refractivity contribution < 1.29 is 9.84 Å². The molecule has 0 bridgehead atoms. The Labute approximate surface area is 182 Å². The summed E-state index contributed by atoms with van der Waals surface area (Å²) in [5.41, 5.74) is 3.11. The fourth-order valence-electron chi connectivity index (χ4n) is 3.39. The van der Waals surface area contributed by atoms with E-state index in [-0.39, 0.29) is 37.5 Å². The summed E-state index contributed by atoms with van der Waals surface area (Å²) in [6, 6.07) is 11.9. The molecule has 29 heavy (non-hydrogen) atoms. The third-order valence-corrected chi connectivity index (χ3v) is 4.82. The molecule has 1 aliphatic rings. The van der Waals surface area contributed by atoms with Crippen LogP contribution >= 0.6 is 24.8 Å². The predicted octanol–water partition coefficient (Wildman–Crippen LogP) is 2.83. The highest BCUT2D eigenvalue weighted by Gasteiger charge is 2.19. The number of ether oxygens (including phenoxy) is 1. The molecule has 0 saturated carbocycles. The van der Waals surface area contributed by atoms with Gasteiger partial charge in [0, 0.05) is 25.5 Å². The second kappa shape index (κ2) is 11.3. The second-order valence-corrected chi connectivity index (χ2v) is 6.77. The second-order valence-electron chi connectivity index (χ2n) is 6.77. The monoisotopic (exact) mass is 439 g/mol. The third-order valence-electron chi connectivity index (χ3n) is 4.82. The zero-order chi connectivity index (χ0) is 18.5. The van der Waals surface area contributed by atoms with Crippen LogP contribution in [0.4, 0.5) is 0 Å². The smallest absolute Gasteiger partial charge is 0.160 e. The van der Waals surface area contributed by atoms with Gasteiger partial charge in [-0.3, -0.25) is 4.68 Å². The van der Waals surface area contributed by atoms with Crippen molar-refractivity contribution in [2.75, 3.05) is 19.8 Å². The Balaban J connectivity index is 0.00000150. The summed E-state index contributed by atoms with van der Waals surface area (Å²) < 4.78 is 9.85. The Hall–Kier alpha value is -1.90. The summed E-state index contributed by atoms with van der Waals surface area (Å²) in [6.07, 6.45) is 4.69. The van der Waals surface area contributed by atoms with E-state index in [1.807, 2.05) is 45.8 Å². The van der Waals surface area contributed by atoms with Crippen LogP contribution in [0.1, 0.15) is 23.7 Å². The van der Waals surface area contributed by atoms with Gasteiger partial charge in [0.15, 0.2) is 5.82 Å². The van der Waals surface area contributed by atoms with E-state index in [9.17, 15) is 5.11 Å². The lowest BCUT2D eigenvalue weighted by Gasteiger charge is -2.18. The molecular formula is C20H27Cl2N5O2. The fraction of sp³-hybridized carbons (Fsp3) is 0.400. The van der Waals surface area contributed by atoms with E-state index < -0.39 is 0 Å². The Bertz CT molecular complexity index is 845. The van der Waals surface area contributed by atoms with E-state index >= 15 is 0 Å². The summed E-state index contributed by atoms with van der Waals surface area (Å²) in [5, 5.41) is 18.0. The first-order chi connectivity index (χ1) is 13.3. The first-order valence-corrected chi connectivity index (χ1v) is 9.38. The molecule has 0 spiro atoms. The topological polar surface area (TPSA) is 77.1 Å². The van der Waals surface area contributed by atoms with Crippen molar-refractivity contribution in [3.8, 4) is 11.5 Å². The summed E-state index contributed by atoms with van der Waals surface area (Å²) in [6.45, 7) is 3.64. The normalized spacial score (nSPS) is 14.2. The highest BCUT2D eigenvalue weighted by atomic mass is 35.5. The van der Waals surface area contributed by atoms with Crippen LogP contribution < -0.4 is 5.32 Å². The Morgan fingerprint density at radius 2 is 2.03 bits per heavy atom. The Kier molecular flexibility index (Phi) is 9.13. The minimum Gasteiger partial charge on any atom is -0.394 e. The van der Waals surface area contributed by atoms with Gasteiger partial charge in [0.25, 0.3) is 0 Å². The maximum absolute atomic E-state index is 9.90. The molecule has 158 valence electrons. The van der Waals surface area contributed by atoms with E-state index in [2.05, 4.69) is 16.4 Å². The summed E-state index contributed by atoms with van der Waals surface area (Å²) >= 11 is 0. The third kappa shape index (κ3) is 5.58. The van der Waals surface area contributed by atoms with Gasteiger partial charge in [-0.25, -0.2) is 4.98 Å². The maximum atomic E-state index is 9.90. The molecule has 2 N–H and O–H groups in total. The molecule has 1 aromatic carbocycles. The molecule has 1 atom stereocenters. The lowest BCUT2D eigenvalue weighted by molar-refractivity contribution is 0.0675. The first-order valence-electron chi connectivity index (χ1n) is 9.38. The van der Waals surface area contributed by atoms with Crippen molar-refractivity contribution in [2.24, 2.45) is 0 Å². The molecule has 9 heteroatoms. The van der Waals surface area contributed by atoms with E-state index in [0.717, 1.165) is 48.8 Å². The molecule has 0 aliphatic carbocycles. The zero-order valence-electron chi connectivity index (χ0n) is 16.1. The minimum atomic E-state index is -0.203. The number of hydrogen-bond donors (Lipinski definition) is 2. The average molecular weight is 440 g/mol. The summed E-state index contributed by atoms with van der Waals surface area (Å²) in [7, 11) is 0. The number of aliphatic hydroxyl groups excluding tert-OH is 1. The fourth-order valence-corrected chi connectivity index (χ4v) is 3.39. The predicted molar refractivity (Wildman–Crippen MR) is 116 cm³/mol. The number of rotatable bonds is 7. The number of aliphatic hydroxyl groups is 1. The van der Waals surface area contributed by atoms with E-state index in [1.54, 1.807) is 6.20 Å². The number of benzene rings is 1. The number of halogens is 2. The van der Waals surface area contributed by atoms with E-state index in [4.69, 9.17) is 9.84 Å². The number of fused-ring (bicyclic) bond motifs is 1. The van der Waals surface area contributed by atoms with Crippen LogP contribution in [0.5, 0.6) is 0 Å². The number of nitrogens with one attached hydrogen (secondary N) is 1. The van der Waals surface area contributed by atoms with Gasteiger partial charge < -0.3 is 19.7 Å². The Morgan fingerprint density at radius 3 is 2.83 bits per heavy atom. The van der Waals surface area contributed by atoms with E-state index in [0.29, 0.717) is 13.2 Å². The summed E-state index contributed by atoms with van der Waals surface area (Å²) in [4.78, 5) is 4.49. The molecule has 3 aromatic rings. The van der Waals surface area contributed by atoms with Crippen molar-refractivity contribution in [3.05, 3.63) is 60.0 Å². The molecule has 0 unspecified atom stereocenters. The van der Waals surface area contributed by atoms with Gasteiger partial charge in [0.2, 0.25) is 0 Å². The summed E-state index contributed by atoms with van der Waals surface area (Å²) in [5.74, 6) is 0.762. The molecule has 1 aliphatic heterocycles. The van der Waals surface area contributed by atoms with Crippen LogP contribution in [0.2, 0.25) is 0 Å². The van der Waals surface area contributed by atoms with Gasteiger partial charge in [-0.1, -0.05) is 30.3 Å². The molecule has 3 heterocycles. The van der Waals surface area contributed by atoms with Gasteiger partial charge in [0.05, 0.1) is 31.6 Å². The van der Waals surface area contributed by atoms with Crippen molar-refractivity contribution in [1.29, 1.82) is 0 Å². The lowest BCUT2D eigenvalue weighted by Crippen LogP contribution is -2.19.